The van der Waals surface area contributed by atoms with E-state index in [0.717, 1.165) is 21.8 Å². The molecule has 0 aliphatic carbocycles. The maximum absolute atomic E-state index is 13.0. The first-order chi connectivity index (χ1) is 17.4. The number of nitrogens with two attached hydrogens (primary N) is 1. The van der Waals surface area contributed by atoms with Crippen LogP contribution in [0.25, 0.3) is 21.8 Å². The van der Waals surface area contributed by atoms with Crippen LogP contribution in [-0.2, 0) is 9.59 Å². The van der Waals surface area contributed by atoms with E-state index in [2.05, 4.69) is 5.32 Å². The standard InChI is InChI=1S/C27H22N4O4S/c1-16-27(34)31(14-24(32)29-20-10-6-5-9-19(20)25(28)33)22-13-18(11-12-23(22)35-16)21-15-36-26(30-21)17-7-3-2-4-8-17/h2-13,15-16H,14H2,1H3,(H2,28,33)(H,29,32). The Kier molecular flexibility index (Phi) is 6.22. The fourth-order valence-corrected chi connectivity index (χ4v) is 4.82. The summed E-state index contributed by atoms with van der Waals surface area (Å²) in [6, 6.07) is 21.8. The molecule has 5 rings (SSSR count). The molecule has 1 atom stereocenters. The Bertz CT molecular complexity index is 1470. The fourth-order valence-electron chi connectivity index (χ4n) is 3.99. The minimum absolute atomic E-state index is 0.188. The van der Waals surface area contributed by atoms with Crippen LogP contribution >= 0.6 is 11.3 Å². The van der Waals surface area contributed by atoms with E-state index in [0.29, 0.717) is 11.4 Å². The zero-order chi connectivity index (χ0) is 25.2. The van der Waals surface area contributed by atoms with Crippen molar-refractivity contribution in [3.63, 3.8) is 0 Å². The zero-order valence-corrected chi connectivity index (χ0v) is 20.1. The molecule has 180 valence electrons. The van der Waals surface area contributed by atoms with Gasteiger partial charge >= 0.3 is 0 Å². The molecule has 4 aromatic rings. The quantitative estimate of drug-likeness (QED) is 0.411. The molecule has 1 aromatic heterocycles. The first-order valence-corrected chi connectivity index (χ1v) is 12.1. The molecule has 3 N–H and O–H groups in total. The predicted molar refractivity (Wildman–Crippen MR) is 139 cm³/mol. The van der Waals surface area contributed by atoms with E-state index in [4.69, 9.17) is 15.5 Å². The van der Waals surface area contributed by atoms with Crippen molar-refractivity contribution in [3.05, 3.63) is 83.7 Å². The number of hydrogen-bond donors (Lipinski definition) is 2. The summed E-state index contributed by atoms with van der Waals surface area (Å²) in [5.41, 5.74) is 8.93. The van der Waals surface area contributed by atoms with Gasteiger partial charge in [-0.15, -0.1) is 11.3 Å². The summed E-state index contributed by atoms with van der Waals surface area (Å²) in [6.07, 6.45) is -0.752. The molecule has 2 heterocycles. The van der Waals surface area contributed by atoms with Gasteiger partial charge in [-0.1, -0.05) is 42.5 Å². The van der Waals surface area contributed by atoms with E-state index in [1.54, 1.807) is 37.3 Å². The largest absolute Gasteiger partial charge is 0.479 e. The third-order valence-electron chi connectivity index (χ3n) is 5.76. The molecule has 3 aromatic carbocycles. The van der Waals surface area contributed by atoms with Crippen molar-refractivity contribution in [2.75, 3.05) is 16.8 Å². The number of nitrogens with zero attached hydrogens (tertiary/aromatic N) is 2. The number of hydrogen-bond acceptors (Lipinski definition) is 6. The lowest BCUT2D eigenvalue weighted by Crippen LogP contribution is -2.47. The number of carbonyl (C=O) groups is 3. The summed E-state index contributed by atoms with van der Waals surface area (Å²) in [6.45, 7) is 1.38. The highest BCUT2D eigenvalue weighted by Crippen LogP contribution is 2.38. The average molecular weight is 499 g/mol. The Morgan fingerprint density at radius 2 is 1.81 bits per heavy atom. The maximum Gasteiger partial charge on any atom is 0.268 e. The number of amides is 3. The molecule has 0 radical (unpaired) electrons. The first-order valence-electron chi connectivity index (χ1n) is 11.2. The van der Waals surface area contributed by atoms with Gasteiger partial charge in [0, 0.05) is 16.5 Å². The normalized spacial score (nSPS) is 14.6. The van der Waals surface area contributed by atoms with Crippen LogP contribution in [-0.4, -0.2) is 35.4 Å². The van der Waals surface area contributed by atoms with Crippen molar-refractivity contribution >= 4 is 40.4 Å². The number of carbonyl (C=O) groups excluding carboxylic acids is 3. The van der Waals surface area contributed by atoms with E-state index in [9.17, 15) is 14.4 Å². The van der Waals surface area contributed by atoms with Crippen molar-refractivity contribution in [3.8, 4) is 27.6 Å². The second-order valence-electron chi connectivity index (χ2n) is 8.23. The van der Waals surface area contributed by atoms with E-state index >= 15 is 0 Å². The van der Waals surface area contributed by atoms with Gasteiger partial charge in [-0.05, 0) is 37.3 Å². The lowest BCUT2D eigenvalue weighted by molar-refractivity contribution is -0.127. The number of benzene rings is 3. The van der Waals surface area contributed by atoms with Crippen LogP contribution in [0.4, 0.5) is 11.4 Å². The summed E-state index contributed by atoms with van der Waals surface area (Å²) in [4.78, 5) is 43.8. The molecule has 0 bridgehead atoms. The zero-order valence-electron chi connectivity index (χ0n) is 19.3. The summed E-state index contributed by atoms with van der Waals surface area (Å²) < 4.78 is 5.79. The number of anilines is 2. The highest BCUT2D eigenvalue weighted by atomic mass is 32.1. The molecule has 1 aliphatic rings. The molecule has 8 nitrogen and oxygen atoms in total. The molecule has 36 heavy (non-hydrogen) atoms. The second kappa shape index (κ2) is 9.63. The van der Waals surface area contributed by atoms with Crippen molar-refractivity contribution in [2.45, 2.75) is 13.0 Å². The first kappa shape index (κ1) is 23.3. The van der Waals surface area contributed by atoms with Gasteiger partial charge in [-0.2, -0.15) is 0 Å². The summed E-state index contributed by atoms with van der Waals surface area (Å²) in [5.74, 6) is -0.978. The fraction of sp³-hybridized carbons (Fsp3) is 0.111. The third-order valence-corrected chi connectivity index (χ3v) is 6.65. The van der Waals surface area contributed by atoms with E-state index in [-0.39, 0.29) is 23.7 Å². The Morgan fingerprint density at radius 1 is 1.06 bits per heavy atom. The number of primary amides is 1. The Labute approximate surface area is 211 Å². The molecule has 3 amide bonds. The topological polar surface area (TPSA) is 115 Å². The third kappa shape index (κ3) is 4.56. The molecule has 1 unspecified atom stereocenters. The van der Waals surface area contributed by atoms with Gasteiger partial charge in [0.05, 0.1) is 22.6 Å². The minimum atomic E-state index is -0.752. The van der Waals surface area contributed by atoms with Gasteiger partial charge in [0.15, 0.2) is 6.10 Å². The van der Waals surface area contributed by atoms with E-state index < -0.39 is 17.9 Å². The second-order valence-corrected chi connectivity index (χ2v) is 9.09. The molecule has 0 fully saturated rings. The van der Waals surface area contributed by atoms with Gasteiger partial charge in [-0.25, -0.2) is 4.98 Å². The monoisotopic (exact) mass is 498 g/mol. The van der Waals surface area contributed by atoms with Crippen molar-refractivity contribution in [1.29, 1.82) is 0 Å². The SMILES string of the molecule is CC1Oc2ccc(-c3csc(-c4ccccc4)n3)cc2N(CC(=O)Nc2ccccc2C(N)=O)C1=O. The van der Waals surface area contributed by atoms with Crippen LogP contribution in [0.5, 0.6) is 5.75 Å². The smallest absolute Gasteiger partial charge is 0.268 e. The summed E-state index contributed by atoms with van der Waals surface area (Å²) >= 11 is 1.53. The van der Waals surface area contributed by atoms with Gasteiger partial charge in [-0.3, -0.25) is 19.3 Å². The maximum atomic E-state index is 13.0. The van der Waals surface area contributed by atoms with E-state index in [1.165, 1.54) is 22.3 Å². The molecule has 1 aliphatic heterocycles. The highest BCUT2D eigenvalue weighted by Gasteiger charge is 2.33. The lowest BCUT2D eigenvalue weighted by Gasteiger charge is -2.33. The van der Waals surface area contributed by atoms with Crippen LogP contribution in [0.15, 0.2) is 78.2 Å². The van der Waals surface area contributed by atoms with Crippen LogP contribution in [0, 0.1) is 0 Å². The van der Waals surface area contributed by atoms with Crippen LogP contribution in [0.2, 0.25) is 0 Å². The highest BCUT2D eigenvalue weighted by molar-refractivity contribution is 7.13. The molecule has 0 saturated heterocycles. The number of fused-ring (bicyclic) bond motifs is 1. The van der Waals surface area contributed by atoms with Gasteiger partial charge in [0.2, 0.25) is 5.91 Å². The Morgan fingerprint density at radius 3 is 2.58 bits per heavy atom. The van der Waals surface area contributed by atoms with Crippen LogP contribution < -0.4 is 20.7 Å². The van der Waals surface area contributed by atoms with E-state index in [1.807, 2.05) is 41.8 Å². The van der Waals surface area contributed by atoms with Gasteiger partial charge < -0.3 is 15.8 Å². The van der Waals surface area contributed by atoms with Crippen molar-refractivity contribution < 1.29 is 19.1 Å². The van der Waals surface area contributed by atoms with Crippen LogP contribution in [0.1, 0.15) is 17.3 Å². The van der Waals surface area contributed by atoms with Gasteiger partial charge in [0.1, 0.15) is 17.3 Å². The molecular weight excluding hydrogens is 476 g/mol. The number of ether oxygens (including phenoxy) is 1. The molecule has 0 saturated carbocycles. The lowest BCUT2D eigenvalue weighted by atomic mass is 10.1. The summed E-state index contributed by atoms with van der Waals surface area (Å²) in [7, 11) is 0. The number of rotatable bonds is 6. The molecular formula is C27H22N4O4S. The van der Waals surface area contributed by atoms with Crippen molar-refractivity contribution in [2.24, 2.45) is 5.73 Å². The predicted octanol–water partition coefficient (Wildman–Crippen LogP) is 4.33. The minimum Gasteiger partial charge on any atom is -0.479 e. The Balaban J connectivity index is 1.43. The molecule has 9 heteroatoms. The van der Waals surface area contributed by atoms with Crippen molar-refractivity contribution in [1.82, 2.24) is 4.98 Å². The number of thiazole rings is 1. The number of para-hydroxylation sites is 1. The molecule has 0 spiro atoms. The van der Waals surface area contributed by atoms with Crippen LogP contribution in [0.3, 0.4) is 0 Å². The Hall–Kier alpha value is -4.50. The number of nitrogens with one attached hydrogen (secondary N) is 1. The number of aromatic nitrogens is 1. The van der Waals surface area contributed by atoms with Gasteiger partial charge in [0.25, 0.3) is 11.8 Å². The average Bonchev–Trinajstić information content (AvgIpc) is 3.38. The summed E-state index contributed by atoms with van der Waals surface area (Å²) in [5, 5.41) is 5.53.